The van der Waals surface area contributed by atoms with Crippen LogP contribution in [0.15, 0.2) is 35.5 Å². The highest BCUT2D eigenvalue weighted by Gasteiger charge is 2.15. The van der Waals surface area contributed by atoms with Crippen LogP contribution in [0.1, 0.15) is 119 Å². The van der Waals surface area contributed by atoms with Crippen LogP contribution in [0.4, 0.5) is 0 Å². The second-order valence-electron chi connectivity index (χ2n) is 10.9. The van der Waals surface area contributed by atoms with Gasteiger partial charge in [-0.25, -0.2) is 0 Å². The van der Waals surface area contributed by atoms with Gasteiger partial charge in [-0.05, 0) is 96.2 Å². The standard InChI is InChI=1S/C30H44.2C2H6/c1-19(15-17-21(3)29(9,10)11)27-23(5)25(7)28(26(8)24(27)6)20(2)16-18-22(4)30(12,13)14;2*1-2/h15-18H,5,7H2,1-4,6,8-14H3;2*1-2H3/b19-15+,20-16+,21-17+,22-18+;;. The molecular formula is C34H56. The van der Waals surface area contributed by atoms with Gasteiger partial charge in [0.05, 0.1) is 0 Å². The van der Waals surface area contributed by atoms with Gasteiger partial charge in [0, 0.05) is 0 Å². The summed E-state index contributed by atoms with van der Waals surface area (Å²) in [4.78, 5) is 0. The molecule has 0 radical (unpaired) electrons. The van der Waals surface area contributed by atoms with E-state index in [2.05, 4.69) is 121 Å². The molecule has 0 aliphatic heterocycles. The van der Waals surface area contributed by atoms with Gasteiger partial charge in [0.25, 0.3) is 0 Å². The van der Waals surface area contributed by atoms with E-state index in [1.807, 2.05) is 27.7 Å². The Morgan fingerprint density at radius 3 is 0.971 bits per heavy atom. The van der Waals surface area contributed by atoms with E-state index < -0.39 is 0 Å². The monoisotopic (exact) mass is 464 g/mol. The first kappa shape index (κ1) is 34.1. The van der Waals surface area contributed by atoms with Gasteiger partial charge in [0.2, 0.25) is 0 Å². The molecule has 0 N–H and O–H groups in total. The predicted octanol–water partition coefficient (Wildman–Crippen LogP) is 9.97. The van der Waals surface area contributed by atoms with E-state index in [9.17, 15) is 0 Å². The maximum atomic E-state index is 4.43. The lowest BCUT2D eigenvalue weighted by Crippen LogP contribution is -2.31. The quantitative estimate of drug-likeness (QED) is 0.389. The molecule has 0 fully saturated rings. The fraction of sp³-hybridized carbons (Fsp3) is 0.529. The van der Waals surface area contributed by atoms with Crippen LogP contribution in [0.3, 0.4) is 0 Å². The van der Waals surface area contributed by atoms with Gasteiger partial charge in [0.1, 0.15) is 0 Å². The summed E-state index contributed by atoms with van der Waals surface area (Å²) in [5.41, 5.74) is 10.6. The molecule has 0 aliphatic carbocycles. The van der Waals surface area contributed by atoms with Crippen molar-refractivity contribution in [3.05, 3.63) is 68.1 Å². The average Bonchev–Trinajstić information content (AvgIpc) is 2.76. The normalized spacial score (nSPS) is 13.6. The fourth-order valence-corrected chi connectivity index (χ4v) is 3.36. The molecule has 0 nitrogen and oxygen atoms in total. The number of hydrogen-bond acceptors (Lipinski definition) is 0. The molecule has 0 bridgehead atoms. The first-order chi connectivity index (χ1) is 15.5. The molecule has 0 saturated carbocycles. The highest BCUT2D eigenvalue weighted by atomic mass is 14.2. The van der Waals surface area contributed by atoms with Gasteiger partial charge in [-0.15, -0.1) is 0 Å². The van der Waals surface area contributed by atoms with Crippen LogP contribution in [0.25, 0.3) is 24.3 Å². The average molecular weight is 465 g/mol. The molecule has 0 heterocycles. The molecule has 0 unspecified atom stereocenters. The smallest absolute Gasteiger partial charge is 0.0123 e. The molecular weight excluding hydrogens is 408 g/mol. The van der Waals surface area contributed by atoms with Crippen molar-refractivity contribution in [1.82, 2.24) is 0 Å². The number of rotatable bonds is 4. The van der Waals surface area contributed by atoms with Crippen molar-refractivity contribution in [3.8, 4) is 0 Å². The van der Waals surface area contributed by atoms with Crippen molar-refractivity contribution in [3.63, 3.8) is 0 Å². The van der Waals surface area contributed by atoms with Crippen molar-refractivity contribution < 1.29 is 0 Å². The van der Waals surface area contributed by atoms with E-state index in [4.69, 9.17) is 0 Å². The number of allylic oxidation sites excluding steroid dienone is 8. The Morgan fingerprint density at radius 2 is 0.765 bits per heavy atom. The molecule has 0 atom stereocenters. The summed E-state index contributed by atoms with van der Waals surface area (Å²) in [5.74, 6) is 0. The minimum absolute atomic E-state index is 0.178. The summed E-state index contributed by atoms with van der Waals surface area (Å²) in [5, 5.41) is 2.07. The highest BCUT2D eigenvalue weighted by molar-refractivity contribution is 5.76. The Labute approximate surface area is 214 Å². The third kappa shape index (κ3) is 9.28. The lowest BCUT2D eigenvalue weighted by atomic mass is 9.85. The van der Waals surface area contributed by atoms with Gasteiger partial charge in [-0.2, -0.15) is 0 Å². The van der Waals surface area contributed by atoms with E-state index in [0.29, 0.717) is 0 Å². The maximum Gasteiger partial charge on any atom is -0.0123 e. The molecule has 1 aromatic rings. The van der Waals surface area contributed by atoms with Gasteiger partial charge < -0.3 is 0 Å². The summed E-state index contributed by atoms with van der Waals surface area (Å²) in [6, 6.07) is 0. The lowest BCUT2D eigenvalue weighted by molar-refractivity contribution is 0.504. The van der Waals surface area contributed by atoms with Crippen molar-refractivity contribution in [2.45, 2.75) is 111 Å². The Hall–Kier alpha value is -2.08. The van der Waals surface area contributed by atoms with Crippen LogP contribution in [0.5, 0.6) is 0 Å². The molecule has 192 valence electrons. The predicted molar refractivity (Wildman–Crippen MR) is 163 cm³/mol. The molecule has 34 heavy (non-hydrogen) atoms. The van der Waals surface area contributed by atoms with Crippen LogP contribution in [0, 0.1) is 24.7 Å². The van der Waals surface area contributed by atoms with E-state index in [1.54, 1.807) is 0 Å². The van der Waals surface area contributed by atoms with Gasteiger partial charge in [0.15, 0.2) is 0 Å². The Kier molecular flexibility index (Phi) is 14.4. The minimum atomic E-state index is 0.178. The molecule has 1 rings (SSSR count). The van der Waals surface area contributed by atoms with Crippen molar-refractivity contribution in [1.29, 1.82) is 0 Å². The SMILES string of the molecule is C=c1c(/C(C)=C/C=C(\C)C(C)(C)C)c(C)c(C)c(/C(C)=C/C=C(\C)C(C)(C)C)c1=C.CC.CC. The maximum absolute atomic E-state index is 4.43. The molecule has 1 aromatic carbocycles. The molecule has 0 amide bonds. The molecule has 0 saturated heterocycles. The summed E-state index contributed by atoms with van der Waals surface area (Å²) >= 11 is 0. The summed E-state index contributed by atoms with van der Waals surface area (Å²) in [6.07, 6.45) is 8.94. The first-order valence-electron chi connectivity index (χ1n) is 13.0. The van der Waals surface area contributed by atoms with E-state index in [-0.39, 0.29) is 10.8 Å². The Balaban J connectivity index is 0. The van der Waals surface area contributed by atoms with Crippen molar-refractivity contribution >= 4 is 24.3 Å². The van der Waals surface area contributed by atoms with Crippen molar-refractivity contribution in [2.24, 2.45) is 10.8 Å². The second-order valence-corrected chi connectivity index (χ2v) is 10.9. The van der Waals surface area contributed by atoms with Crippen LogP contribution in [-0.4, -0.2) is 0 Å². The fourth-order valence-electron chi connectivity index (χ4n) is 3.36. The Bertz CT molecular complexity index is 935. The molecule has 0 aromatic heterocycles. The first-order valence-corrected chi connectivity index (χ1v) is 13.0. The zero-order valence-corrected chi connectivity index (χ0v) is 25.7. The summed E-state index contributed by atoms with van der Waals surface area (Å²) in [7, 11) is 0. The largest absolute Gasteiger partial charge is 0.0905 e. The van der Waals surface area contributed by atoms with Crippen LogP contribution < -0.4 is 10.4 Å². The zero-order chi connectivity index (χ0) is 27.6. The third-order valence-electron chi connectivity index (χ3n) is 6.60. The van der Waals surface area contributed by atoms with Crippen LogP contribution >= 0.6 is 0 Å². The Morgan fingerprint density at radius 1 is 0.529 bits per heavy atom. The number of benzene rings is 1. The lowest BCUT2D eigenvalue weighted by Gasteiger charge is -2.20. The molecule has 0 spiro atoms. The van der Waals surface area contributed by atoms with Crippen LogP contribution in [0.2, 0.25) is 0 Å². The van der Waals surface area contributed by atoms with Crippen molar-refractivity contribution in [2.75, 3.05) is 0 Å². The highest BCUT2D eigenvalue weighted by Crippen LogP contribution is 2.27. The molecule has 0 aliphatic rings. The summed E-state index contributed by atoms with van der Waals surface area (Å²) < 4.78 is 0. The summed E-state index contributed by atoms with van der Waals surface area (Å²) in [6.45, 7) is 43.5. The van der Waals surface area contributed by atoms with Crippen LogP contribution in [-0.2, 0) is 0 Å². The topological polar surface area (TPSA) is 0 Å². The van der Waals surface area contributed by atoms with E-state index >= 15 is 0 Å². The zero-order valence-electron chi connectivity index (χ0n) is 25.7. The van der Waals surface area contributed by atoms with Gasteiger partial charge >= 0.3 is 0 Å². The second kappa shape index (κ2) is 14.3. The third-order valence-corrected chi connectivity index (χ3v) is 6.60. The van der Waals surface area contributed by atoms with E-state index in [0.717, 1.165) is 10.4 Å². The number of hydrogen-bond donors (Lipinski definition) is 0. The van der Waals surface area contributed by atoms with Gasteiger partial charge in [-0.1, -0.05) is 118 Å². The molecule has 0 heteroatoms. The van der Waals surface area contributed by atoms with Gasteiger partial charge in [-0.3, -0.25) is 0 Å². The minimum Gasteiger partial charge on any atom is -0.0905 e. The van der Waals surface area contributed by atoms with E-state index in [1.165, 1.54) is 44.5 Å².